The molecule has 0 bridgehead atoms. The molecular weight excluding hydrogens is 262 g/mol. The number of hydrogen-bond acceptors (Lipinski definition) is 2. The number of rotatable bonds is 5. The van der Waals surface area contributed by atoms with E-state index >= 15 is 0 Å². The predicted octanol–water partition coefficient (Wildman–Crippen LogP) is 2.99. The van der Waals surface area contributed by atoms with Crippen molar-refractivity contribution in [1.82, 2.24) is 4.90 Å². The lowest BCUT2D eigenvalue weighted by Gasteiger charge is -2.26. The molecule has 1 aromatic rings. The highest BCUT2D eigenvalue weighted by Gasteiger charge is 2.20. The first-order valence-electron chi connectivity index (χ1n) is 7.52. The molecule has 0 saturated heterocycles. The maximum atomic E-state index is 12.7. The number of aryl methyl sites for hydroxylation is 1. The van der Waals surface area contributed by atoms with Gasteiger partial charge in [-0.2, -0.15) is 0 Å². The van der Waals surface area contributed by atoms with Gasteiger partial charge in [0.2, 0.25) is 0 Å². The zero-order valence-corrected chi connectivity index (χ0v) is 13.4. The SMILES string of the molecule is CCC(CC)N(C)C(=O)c1ccc(C)cc1C#CCCO. The summed E-state index contributed by atoms with van der Waals surface area (Å²) in [5.41, 5.74) is 2.46. The van der Waals surface area contributed by atoms with E-state index in [4.69, 9.17) is 5.11 Å². The molecular formula is C18H25NO2. The van der Waals surface area contributed by atoms with Crippen LogP contribution in [0.5, 0.6) is 0 Å². The van der Waals surface area contributed by atoms with Crippen LogP contribution in [0.3, 0.4) is 0 Å². The van der Waals surface area contributed by atoms with Gasteiger partial charge in [0, 0.05) is 25.1 Å². The molecule has 114 valence electrons. The second-order valence-electron chi connectivity index (χ2n) is 5.21. The van der Waals surface area contributed by atoms with E-state index in [1.807, 2.05) is 37.1 Å². The third-order valence-electron chi connectivity index (χ3n) is 3.68. The van der Waals surface area contributed by atoms with Crippen LogP contribution in [0.15, 0.2) is 18.2 Å². The van der Waals surface area contributed by atoms with Crippen LogP contribution in [0.1, 0.15) is 54.6 Å². The van der Waals surface area contributed by atoms with Gasteiger partial charge in [-0.15, -0.1) is 0 Å². The van der Waals surface area contributed by atoms with Gasteiger partial charge in [0.25, 0.3) is 5.91 Å². The molecule has 0 fully saturated rings. The first-order valence-corrected chi connectivity index (χ1v) is 7.52. The smallest absolute Gasteiger partial charge is 0.255 e. The minimum absolute atomic E-state index is 0.0111. The summed E-state index contributed by atoms with van der Waals surface area (Å²) in [4.78, 5) is 14.5. The first kappa shape index (κ1) is 17.3. The Labute approximate surface area is 128 Å². The molecule has 0 aliphatic rings. The van der Waals surface area contributed by atoms with E-state index in [1.165, 1.54) is 0 Å². The van der Waals surface area contributed by atoms with Crippen molar-refractivity contribution in [3.8, 4) is 11.8 Å². The van der Waals surface area contributed by atoms with Gasteiger partial charge in [0.15, 0.2) is 0 Å². The Bertz CT molecular complexity index is 536. The van der Waals surface area contributed by atoms with E-state index in [0.717, 1.165) is 24.0 Å². The summed E-state index contributed by atoms with van der Waals surface area (Å²) in [6.07, 6.45) is 2.30. The van der Waals surface area contributed by atoms with Crippen LogP contribution in [0.4, 0.5) is 0 Å². The van der Waals surface area contributed by atoms with Gasteiger partial charge in [0.1, 0.15) is 0 Å². The van der Waals surface area contributed by atoms with Crippen molar-refractivity contribution in [3.05, 3.63) is 34.9 Å². The normalized spacial score (nSPS) is 10.2. The van der Waals surface area contributed by atoms with Gasteiger partial charge < -0.3 is 10.0 Å². The van der Waals surface area contributed by atoms with Crippen molar-refractivity contribution in [2.75, 3.05) is 13.7 Å². The Hall–Kier alpha value is -1.79. The number of carbonyl (C=O) groups is 1. The maximum absolute atomic E-state index is 12.7. The molecule has 1 amide bonds. The highest BCUT2D eigenvalue weighted by Crippen LogP contribution is 2.16. The van der Waals surface area contributed by atoms with Gasteiger partial charge >= 0.3 is 0 Å². The largest absolute Gasteiger partial charge is 0.395 e. The molecule has 3 nitrogen and oxygen atoms in total. The number of amides is 1. The maximum Gasteiger partial charge on any atom is 0.255 e. The Balaban J connectivity index is 3.12. The summed E-state index contributed by atoms with van der Waals surface area (Å²) in [5.74, 6) is 5.92. The monoisotopic (exact) mass is 287 g/mol. The summed E-state index contributed by atoms with van der Waals surface area (Å²) in [6.45, 7) is 6.20. The summed E-state index contributed by atoms with van der Waals surface area (Å²) in [6, 6.07) is 5.96. The highest BCUT2D eigenvalue weighted by molar-refractivity contribution is 5.96. The van der Waals surface area contributed by atoms with E-state index in [-0.39, 0.29) is 18.6 Å². The summed E-state index contributed by atoms with van der Waals surface area (Å²) in [7, 11) is 1.85. The molecule has 1 rings (SSSR count). The minimum Gasteiger partial charge on any atom is -0.395 e. The molecule has 0 radical (unpaired) electrons. The highest BCUT2D eigenvalue weighted by atomic mass is 16.2. The number of aliphatic hydroxyl groups is 1. The summed E-state index contributed by atoms with van der Waals surface area (Å²) in [5, 5.41) is 8.82. The topological polar surface area (TPSA) is 40.5 Å². The molecule has 0 aliphatic heterocycles. The minimum atomic E-state index is 0.0111. The molecule has 1 aromatic carbocycles. The van der Waals surface area contributed by atoms with Gasteiger partial charge in [-0.3, -0.25) is 4.79 Å². The van der Waals surface area contributed by atoms with Crippen LogP contribution < -0.4 is 0 Å². The number of benzene rings is 1. The van der Waals surface area contributed by atoms with E-state index < -0.39 is 0 Å². The van der Waals surface area contributed by atoms with E-state index in [9.17, 15) is 4.79 Å². The standard InChI is InChI=1S/C18H25NO2/c1-5-16(6-2)19(4)18(21)17-11-10-14(3)13-15(17)9-7-8-12-20/h10-11,13,16,20H,5-6,8,12H2,1-4H3. The summed E-state index contributed by atoms with van der Waals surface area (Å²) >= 11 is 0. The molecule has 3 heteroatoms. The van der Waals surface area contributed by atoms with E-state index in [1.54, 1.807) is 0 Å². The van der Waals surface area contributed by atoms with Crippen LogP contribution in [-0.4, -0.2) is 35.6 Å². The third kappa shape index (κ3) is 4.61. The lowest BCUT2D eigenvalue weighted by Crippen LogP contribution is -2.36. The van der Waals surface area contributed by atoms with Crippen LogP contribution in [-0.2, 0) is 0 Å². The molecule has 1 N–H and O–H groups in total. The lowest BCUT2D eigenvalue weighted by atomic mass is 10.0. The van der Waals surface area contributed by atoms with Crippen LogP contribution in [0, 0.1) is 18.8 Å². The summed E-state index contributed by atoms with van der Waals surface area (Å²) < 4.78 is 0. The molecule has 0 unspecified atom stereocenters. The van der Waals surface area contributed by atoms with Crippen molar-refractivity contribution in [2.24, 2.45) is 0 Å². The molecule has 0 aromatic heterocycles. The lowest BCUT2D eigenvalue weighted by molar-refractivity contribution is 0.0723. The van der Waals surface area contributed by atoms with Gasteiger partial charge in [-0.1, -0.05) is 31.8 Å². The molecule has 0 spiro atoms. The molecule has 0 aliphatic carbocycles. The van der Waals surface area contributed by atoms with Gasteiger partial charge in [-0.05, 0) is 37.5 Å². The number of aliphatic hydroxyl groups excluding tert-OH is 1. The van der Waals surface area contributed by atoms with Crippen molar-refractivity contribution >= 4 is 5.91 Å². The van der Waals surface area contributed by atoms with Crippen molar-refractivity contribution in [2.45, 2.75) is 46.1 Å². The quantitative estimate of drug-likeness (QED) is 0.846. The van der Waals surface area contributed by atoms with Crippen molar-refractivity contribution in [1.29, 1.82) is 0 Å². The average molecular weight is 287 g/mol. The van der Waals surface area contributed by atoms with Gasteiger partial charge in [0.05, 0.1) is 12.2 Å². The van der Waals surface area contributed by atoms with Crippen LogP contribution >= 0.6 is 0 Å². The Morgan fingerprint density at radius 1 is 1.33 bits per heavy atom. The fourth-order valence-corrected chi connectivity index (χ4v) is 2.35. The van der Waals surface area contributed by atoms with Crippen LogP contribution in [0.25, 0.3) is 0 Å². The van der Waals surface area contributed by atoms with Gasteiger partial charge in [-0.25, -0.2) is 0 Å². The number of nitrogens with zero attached hydrogens (tertiary/aromatic N) is 1. The Kier molecular flexibility index (Phi) is 6.98. The first-order chi connectivity index (χ1) is 10.0. The van der Waals surface area contributed by atoms with Crippen molar-refractivity contribution in [3.63, 3.8) is 0 Å². The Morgan fingerprint density at radius 3 is 2.57 bits per heavy atom. The molecule has 0 heterocycles. The average Bonchev–Trinajstić information content (AvgIpc) is 2.48. The third-order valence-corrected chi connectivity index (χ3v) is 3.68. The second kappa shape index (κ2) is 8.49. The predicted molar refractivity (Wildman–Crippen MR) is 86.2 cm³/mol. The fourth-order valence-electron chi connectivity index (χ4n) is 2.35. The van der Waals surface area contributed by atoms with E-state index in [0.29, 0.717) is 12.0 Å². The fraction of sp³-hybridized carbons (Fsp3) is 0.500. The van der Waals surface area contributed by atoms with E-state index in [2.05, 4.69) is 25.7 Å². The molecule has 0 saturated carbocycles. The van der Waals surface area contributed by atoms with Crippen molar-refractivity contribution < 1.29 is 9.90 Å². The molecule has 21 heavy (non-hydrogen) atoms. The number of hydrogen-bond donors (Lipinski definition) is 1. The zero-order chi connectivity index (χ0) is 15.8. The van der Waals surface area contributed by atoms with Crippen LogP contribution in [0.2, 0.25) is 0 Å². The second-order valence-corrected chi connectivity index (χ2v) is 5.21. The molecule has 0 atom stereocenters. The zero-order valence-electron chi connectivity index (χ0n) is 13.4. The number of carbonyl (C=O) groups excluding carboxylic acids is 1. The Morgan fingerprint density at radius 2 is 2.00 bits per heavy atom.